The molecule has 0 fully saturated rings. The lowest BCUT2D eigenvalue weighted by atomic mass is 10.0. The lowest BCUT2D eigenvalue weighted by molar-refractivity contribution is 0.276. The summed E-state index contributed by atoms with van der Waals surface area (Å²) in [5, 5.41) is 0.388. The number of nitrogens with two attached hydrogens (primary N) is 1. The van der Waals surface area contributed by atoms with Gasteiger partial charge in [0, 0.05) is 11.6 Å². The van der Waals surface area contributed by atoms with E-state index in [2.05, 4.69) is 19.9 Å². The Morgan fingerprint density at radius 2 is 2.24 bits per heavy atom. The highest BCUT2D eigenvalue weighted by atomic mass is 32.2. The number of thioether (sulfide) groups is 1. The molecule has 0 radical (unpaired) electrons. The van der Waals surface area contributed by atoms with Crippen molar-refractivity contribution in [2.24, 2.45) is 11.7 Å². The van der Waals surface area contributed by atoms with Gasteiger partial charge in [-0.3, -0.25) is 0 Å². The predicted octanol–water partition coefficient (Wildman–Crippen LogP) is 3.23. The van der Waals surface area contributed by atoms with Gasteiger partial charge in [0.2, 0.25) is 0 Å². The van der Waals surface area contributed by atoms with E-state index in [9.17, 15) is 0 Å². The molecular weight excluding hydrogens is 230 g/mol. The number of rotatable bonds is 4. The first kappa shape index (κ1) is 12.8. The number of benzene rings is 1. The Kier molecular flexibility index (Phi) is 4.35. The topological polar surface area (TPSA) is 35.2 Å². The lowest BCUT2D eigenvalue weighted by Crippen LogP contribution is -2.34. The highest BCUT2D eigenvalue weighted by Crippen LogP contribution is 2.36. The minimum Gasteiger partial charge on any atom is -0.492 e. The third kappa shape index (κ3) is 2.96. The molecule has 0 aliphatic carbocycles. The monoisotopic (exact) mass is 251 g/mol. The van der Waals surface area contributed by atoms with E-state index in [4.69, 9.17) is 10.5 Å². The van der Waals surface area contributed by atoms with Crippen LogP contribution in [-0.2, 0) is 0 Å². The van der Waals surface area contributed by atoms with Crippen molar-refractivity contribution in [2.75, 3.05) is 12.4 Å². The number of ether oxygens (including phenoxy) is 1. The van der Waals surface area contributed by atoms with Gasteiger partial charge in [-0.25, -0.2) is 0 Å². The second kappa shape index (κ2) is 5.78. The zero-order chi connectivity index (χ0) is 12.3. The summed E-state index contributed by atoms with van der Waals surface area (Å²) >= 11 is 1.95. The first-order chi connectivity index (χ1) is 8.22. The largest absolute Gasteiger partial charge is 0.492 e. The molecule has 3 atom stereocenters. The molecule has 0 spiro atoms. The van der Waals surface area contributed by atoms with Gasteiger partial charge in [-0.2, -0.15) is 11.8 Å². The van der Waals surface area contributed by atoms with Crippen LogP contribution in [0.5, 0.6) is 5.75 Å². The number of hydrogen-bond acceptors (Lipinski definition) is 3. The third-order valence-corrected chi connectivity index (χ3v) is 4.99. The molecule has 1 aliphatic rings. The van der Waals surface area contributed by atoms with Crippen LogP contribution in [-0.4, -0.2) is 17.6 Å². The number of fused-ring (bicyclic) bond motifs is 1. The molecule has 1 aromatic carbocycles. The van der Waals surface area contributed by atoms with Crippen LogP contribution in [0.25, 0.3) is 0 Å². The van der Waals surface area contributed by atoms with Crippen LogP contribution in [0.15, 0.2) is 24.3 Å². The van der Waals surface area contributed by atoms with Gasteiger partial charge in [-0.15, -0.1) is 0 Å². The molecule has 1 aromatic rings. The van der Waals surface area contributed by atoms with Crippen LogP contribution >= 0.6 is 11.8 Å². The minimum absolute atomic E-state index is 0.106. The Morgan fingerprint density at radius 3 is 3.00 bits per heavy atom. The maximum Gasteiger partial charge on any atom is 0.124 e. The lowest BCUT2D eigenvalue weighted by Gasteiger charge is -2.31. The maximum absolute atomic E-state index is 6.32. The summed E-state index contributed by atoms with van der Waals surface area (Å²) in [4.78, 5) is 0. The first-order valence-corrected chi connectivity index (χ1v) is 7.36. The third-order valence-electron chi connectivity index (χ3n) is 3.37. The number of hydrogen-bond donors (Lipinski definition) is 1. The van der Waals surface area contributed by atoms with Crippen LogP contribution in [0, 0.1) is 5.92 Å². The summed E-state index contributed by atoms with van der Waals surface area (Å²) in [6.45, 7) is 5.26. The van der Waals surface area contributed by atoms with Crippen LogP contribution in [0.3, 0.4) is 0 Å². The second-order valence-corrected chi connectivity index (χ2v) is 6.03. The molecule has 0 amide bonds. The van der Waals surface area contributed by atoms with Gasteiger partial charge in [-0.1, -0.05) is 38.5 Å². The van der Waals surface area contributed by atoms with Gasteiger partial charge in [-0.05, 0) is 17.7 Å². The fourth-order valence-corrected chi connectivity index (χ4v) is 3.25. The van der Waals surface area contributed by atoms with Crippen molar-refractivity contribution in [3.63, 3.8) is 0 Å². The zero-order valence-corrected chi connectivity index (χ0v) is 11.4. The molecule has 94 valence electrons. The smallest absolute Gasteiger partial charge is 0.124 e. The van der Waals surface area contributed by atoms with Crippen LogP contribution < -0.4 is 10.5 Å². The summed E-state index contributed by atoms with van der Waals surface area (Å²) < 4.78 is 5.77. The van der Waals surface area contributed by atoms with Crippen molar-refractivity contribution in [3.8, 4) is 5.75 Å². The molecule has 0 saturated heterocycles. The molecule has 0 aromatic heterocycles. The molecule has 2 nitrogen and oxygen atoms in total. The molecule has 3 heteroatoms. The van der Waals surface area contributed by atoms with Crippen molar-refractivity contribution in [2.45, 2.75) is 31.6 Å². The highest BCUT2D eigenvalue weighted by Gasteiger charge is 2.28. The predicted molar refractivity (Wildman–Crippen MR) is 74.6 cm³/mol. The molecule has 2 N–H and O–H groups in total. The van der Waals surface area contributed by atoms with Gasteiger partial charge in [0.05, 0.1) is 5.25 Å². The highest BCUT2D eigenvalue weighted by molar-refractivity contribution is 8.00. The Hall–Kier alpha value is -0.670. The zero-order valence-electron chi connectivity index (χ0n) is 10.6. The normalized spacial score (nSPS) is 24.9. The Labute approximate surface area is 108 Å². The quantitative estimate of drug-likeness (QED) is 0.892. The summed E-state index contributed by atoms with van der Waals surface area (Å²) in [5.74, 6) is 2.88. The van der Waals surface area contributed by atoms with E-state index in [0.717, 1.165) is 23.8 Å². The van der Waals surface area contributed by atoms with E-state index in [-0.39, 0.29) is 6.04 Å². The van der Waals surface area contributed by atoms with Crippen LogP contribution in [0.4, 0.5) is 0 Å². The summed E-state index contributed by atoms with van der Waals surface area (Å²) in [7, 11) is 0. The Bertz CT molecular complexity index is 369. The summed E-state index contributed by atoms with van der Waals surface area (Å²) in [6.07, 6.45) is 1.23. The first-order valence-electron chi connectivity index (χ1n) is 6.31. The Morgan fingerprint density at radius 1 is 1.47 bits per heavy atom. The van der Waals surface area contributed by atoms with E-state index < -0.39 is 0 Å². The molecule has 2 rings (SSSR count). The van der Waals surface area contributed by atoms with Crippen molar-refractivity contribution >= 4 is 11.8 Å². The van der Waals surface area contributed by atoms with Crippen molar-refractivity contribution < 1.29 is 4.74 Å². The van der Waals surface area contributed by atoms with Crippen LogP contribution in [0.2, 0.25) is 0 Å². The molecule has 1 heterocycles. The van der Waals surface area contributed by atoms with Crippen molar-refractivity contribution in [3.05, 3.63) is 29.8 Å². The average molecular weight is 251 g/mol. The molecule has 0 bridgehead atoms. The second-order valence-electron chi connectivity index (χ2n) is 4.76. The van der Waals surface area contributed by atoms with E-state index >= 15 is 0 Å². The molecule has 17 heavy (non-hydrogen) atoms. The molecule has 1 aliphatic heterocycles. The van der Waals surface area contributed by atoms with Gasteiger partial charge in [0.1, 0.15) is 12.4 Å². The van der Waals surface area contributed by atoms with E-state index in [1.165, 1.54) is 12.2 Å². The van der Waals surface area contributed by atoms with Gasteiger partial charge in [0.25, 0.3) is 0 Å². The van der Waals surface area contributed by atoms with Gasteiger partial charge >= 0.3 is 0 Å². The standard InChI is InChI=1S/C14H21NOS/c1-3-10(2)9-17-13-8-16-12-7-5-4-6-11(12)14(13)15/h4-7,10,13-14H,3,8-9,15H2,1-2H3. The average Bonchev–Trinajstić information content (AvgIpc) is 2.38. The fourth-order valence-electron chi connectivity index (χ4n) is 1.92. The molecular formula is C14H21NOS. The van der Waals surface area contributed by atoms with Crippen molar-refractivity contribution in [1.82, 2.24) is 0 Å². The van der Waals surface area contributed by atoms with Crippen molar-refractivity contribution in [1.29, 1.82) is 0 Å². The summed E-state index contributed by atoms with van der Waals surface area (Å²) in [5.41, 5.74) is 7.47. The summed E-state index contributed by atoms with van der Waals surface area (Å²) in [6, 6.07) is 8.22. The minimum atomic E-state index is 0.106. The number of para-hydroxylation sites is 1. The van der Waals surface area contributed by atoms with Crippen LogP contribution in [0.1, 0.15) is 31.9 Å². The molecule has 3 unspecified atom stereocenters. The van der Waals surface area contributed by atoms with E-state index in [0.29, 0.717) is 5.25 Å². The van der Waals surface area contributed by atoms with Gasteiger partial charge < -0.3 is 10.5 Å². The molecule has 0 saturated carbocycles. The Balaban J connectivity index is 1.99. The van der Waals surface area contributed by atoms with E-state index in [1.54, 1.807) is 0 Å². The maximum atomic E-state index is 6.32. The van der Waals surface area contributed by atoms with Gasteiger partial charge in [0.15, 0.2) is 0 Å². The SMILES string of the molecule is CCC(C)CSC1COc2ccccc2C1N. The van der Waals surface area contributed by atoms with E-state index in [1.807, 2.05) is 30.0 Å². The fraction of sp³-hybridized carbons (Fsp3) is 0.571.